The number of carbonyl (C=O) groups is 3. The van der Waals surface area contributed by atoms with Crippen LogP contribution in [0.4, 0.5) is 0 Å². The molecule has 1 spiro atoms. The van der Waals surface area contributed by atoms with Crippen LogP contribution in [-0.2, 0) is 19.1 Å². The molecule has 200 valence electrons. The first-order valence-electron chi connectivity index (χ1n) is 13.7. The summed E-state index contributed by atoms with van der Waals surface area (Å²) in [6.45, 7) is 10.8. The van der Waals surface area contributed by atoms with Gasteiger partial charge in [-0.1, -0.05) is 38.3 Å². The van der Waals surface area contributed by atoms with Gasteiger partial charge in [0.05, 0.1) is 23.2 Å². The van der Waals surface area contributed by atoms with E-state index in [1.54, 1.807) is 28.8 Å². The van der Waals surface area contributed by atoms with Crippen molar-refractivity contribution in [3.63, 3.8) is 0 Å². The van der Waals surface area contributed by atoms with Gasteiger partial charge in [-0.3, -0.25) is 14.4 Å². The summed E-state index contributed by atoms with van der Waals surface area (Å²) < 4.78 is 5.00. The average molecular weight is 519 g/mol. The molecule has 0 aromatic carbocycles. The van der Waals surface area contributed by atoms with Gasteiger partial charge in [-0.05, 0) is 44.4 Å². The van der Waals surface area contributed by atoms with Gasteiger partial charge in [0.2, 0.25) is 11.8 Å². The second-order valence-corrected chi connectivity index (χ2v) is 12.4. The van der Waals surface area contributed by atoms with Crippen molar-refractivity contribution in [2.75, 3.05) is 26.3 Å². The van der Waals surface area contributed by atoms with Gasteiger partial charge in [-0.2, -0.15) is 0 Å². The van der Waals surface area contributed by atoms with Gasteiger partial charge < -0.3 is 19.6 Å². The minimum atomic E-state index is -0.646. The lowest BCUT2D eigenvalue weighted by atomic mass is 9.66. The fraction of sp³-hybridized carbons (Fsp3) is 0.750. The molecule has 2 bridgehead atoms. The lowest BCUT2D eigenvalue weighted by Crippen LogP contribution is -2.59. The number of rotatable bonds is 12. The Morgan fingerprint density at radius 1 is 1.22 bits per heavy atom. The van der Waals surface area contributed by atoms with E-state index < -0.39 is 22.6 Å². The third-order valence-electron chi connectivity index (χ3n) is 8.73. The smallest absolute Gasteiger partial charge is 0.310 e. The molecule has 2 amide bonds. The molecule has 1 saturated carbocycles. The van der Waals surface area contributed by atoms with Crippen molar-refractivity contribution in [3.8, 4) is 0 Å². The van der Waals surface area contributed by atoms with E-state index in [9.17, 15) is 19.5 Å². The lowest BCUT2D eigenvalue weighted by Gasteiger charge is -2.43. The molecule has 7 nitrogen and oxygen atoms in total. The third-order valence-corrected chi connectivity index (χ3v) is 10.8. The largest absolute Gasteiger partial charge is 0.465 e. The number of ether oxygens (including phenoxy) is 1. The first kappa shape index (κ1) is 27.2. The van der Waals surface area contributed by atoms with Gasteiger partial charge in [0.15, 0.2) is 0 Å². The maximum Gasteiger partial charge on any atom is 0.310 e. The lowest BCUT2D eigenvalue weighted by molar-refractivity contribution is -0.154. The van der Waals surface area contributed by atoms with E-state index in [1.165, 1.54) is 6.42 Å². The summed E-state index contributed by atoms with van der Waals surface area (Å²) in [4.78, 5) is 45.4. The molecule has 3 aliphatic heterocycles. The summed E-state index contributed by atoms with van der Waals surface area (Å²) in [6.07, 6.45) is 11.6. The van der Waals surface area contributed by atoms with Crippen molar-refractivity contribution in [1.29, 1.82) is 0 Å². The number of esters is 1. The fourth-order valence-corrected chi connectivity index (χ4v) is 9.56. The Balaban J connectivity index is 1.67. The van der Waals surface area contributed by atoms with Crippen LogP contribution in [0, 0.1) is 17.8 Å². The van der Waals surface area contributed by atoms with Crippen molar-refractivity contribution in [3.05, 3.63) is 25.3 Å². The Morgan fingerprint density at radius 2 is 1.97 bits per heavy atom. The van der Waals surface area contributed by atoms with E-state index >= 15 is 0 Å². The van der Waals surface area contributed by atoms with Crippen LogP contribution in [-0.4, -0.2) is 81.1 Å². The fourth-order valence-electron chi connectivity index (χ4n) is 7.15. The summed E-state index contributed by atoms with van der Waals surface area (Å²) in [5.74, 6) is -1.42. The molecule has 1 aliphatic carbocycles. The van der Waals surface area contributed by atoms with E-state index in [4.69, 9.17) is 4.74 Å². The maximum atomic E-state index is 14.4. The monoisotopic (exact) mass is 518 g/mol. The van der Waals surface area contributed by atoms with E-state index in [2.05, 4.69) is 20.1 Å². The third kappa shape index (κ3) is 4.64. The van der Waals surface area contributed by atoms with Crippen LogP contribution in [0.3, 0.4) is 0 Å². The highest BCUT2D eigenvalue weighted by molar-refractivity contribution is 8.02. The van der Waals surface area contributed by atoms with E-state index in [0.717, 1.165) is 38.5 Å². The van der Waals surface area contributed by atoms with Gasteiger partial charge in [-0.15, -0.1) is 24.9 Å². The zero-order chi connectivity index (χ0) is 25.9. The van der Waals surface area contributed by atoms with E-state index in [1.807, 2.05) is 4.90 Å². The van der Waals surface area contributed by atoms with Gasteiger partial charge >= 0.3 is 5.97 Å². The Labute approximate surface area is 219 Å². The topological polar surface area (TPSA) is 87.2 Å². The summed E-state index contributed by atoms with van der Waals surface area (Å²) >= 11 is 1.68. The van der Waals surface area contributed by atoms with Gasteiger partial charge in [-0.25, -0.2) is 0 Å². The van der Waals surface area contributed by atoms with Crippen molar-refractivity contribution in [1.82, 2.24) is 9.80 Å². The Kier molecular flexibility index (Phi) is 8.87. The standard InChI is InChI=1S/C28H42N2O5S/c1-4-6-10-17-35-27(34)22-21-18-19(3)28(36-21)23(22)25(32)30(15-11-16-31)24(28)26(33)29(14-5-2)20-12-8-7-9-13-20/h4-5,19-24,31H,1-2,6-18H2,3H3/t19?,21-,22+,23-,24?,28?/m0/s1. The molecule has 3 heterocycles. The number of thioether (sulfide) groups is 1. The molecule has 0 aromatic heterocycles. The average Bonchev–Trinajstić information content (AvgIpc) is 3.47. The number of likely N-dealkylation sites (tertiary alicyclic amines) is 1. The highest BCUT2D eigenvalue weighted by Gasteiger charge is 2.76. The second-order valence-electron chi connectivity index (χ2n) is 10.8. The summed E-state index contributed by atoms with van der Waals surface area (Å²) in [7, 11) is 0. The number of hydrogen-bond donors (Lipinski definition) is 1. The molecular weight excluding hydrogens is 476 g/mol. The first-order chi connectivity index (χ1) is 17.4. The number of nitrogens with zero attached hydrogens (tertiary/aromatic N) is 2. The molecule has 3 saturated heterocycles. The van der Waals surface area contributed by atoms with Crippen LogP contribution in [0.2, 0.25) is 0 Å². The zero-order valence-electron chi connectivity index (χ0n) is 21.6. The molecule has 36 heavy (non-hydrogen) atoms. The Morgan fingerprint density at radius 3 is 2.64 bits per heavy atom. The molecule has 4 rings (SSSR count). The molecule has 4 fully saturated rings. The van der Waals surface area contributed by atoms with Crippen LogP contribution < -0.4 is 0 Å². The molecule has 4 aliphatic rings. The van der Waals surface area contributed by atoms with Gasteiger partial charge in [0, 0.05) is 31.0 Å². The number of hydrogen-bond acceptors (Lipinski definition) is 6. The molecule has 0 radical (unpaired) electrons. The number of aliphatic hydroxyl groups is 1. The van der Waals surface area contributed by atoms with E-state index in [0.29, 0.717) is 32.5 Å². The van der Waals surface area contributed by atoms with E-state index in [-0.39, 0.29) is 41.6 Å². The quantitative estimate of drug-likeness (QED) is 0.242. The minimum Gasteiger partial charge on any atom is -0.465 e. The summed E-state index contributed by atoms with van der Waals surface area (Å²) in [5.41, 5.74) is 0. The number of fused-ring (bicyclic) bond motifs is 1. The minimum absolute atomic E-state index is 0.0151. The van der Waals surface area contributed by atoms with Crippen LogP contribution in [0.15, 0.2) is 25.3 Å². The van der Waals surface area contributed by atoms with Crippen molar-refractivity contribution in [2.45, 2.75) is 86.8 Å². The van der Waals surface area contributed by atoms with Gasteiger partial charge in [0.1, 0.15) is 6.04 Å². The predicted octanol–water partition coefficient (Wildman–Crippen LogP) is 3.56. The van der Waals surface area contributed by atoms with Crippen LogP contribution >= 0.6 is 11.8 Å². The Hall–Kier alpha value is -1.80. The number of carbonyl (C=O) groups excluding carboxylic acids is 3. The Bertz CT molecular complexity index is 859. The molecule has 6 atom stereocenters. The summed E-state index contributed by atoms with van der Waals surface area (Å²) in [5, 5.41) is 9.55. The number of unbranched alkanes of at least 4 members (excludes halogenated alkanes) is 1. The maximum absolute atomic E-state index is 14.4. The molecule has 8 heteroatoms. The normalized spacial score (nSPS) is 33.4. The number of aliphatic hydroxyl groups excluding tert-OH is 1. The molecule has 3 unspecified atom stereocenters. The molecule has 0 aromatic rings. The molecular formula is C28H42N2O5S. The van der Waals surface area contributed by atoms with Crippen LogP contribution in [0.5, 0.6) is 0 Å². The van der Waals surface area contributed by atoms with Crippen molar-refractivity contribution >= 4 is 29.5 Å². The molecule has 1 N–H and O–H groups in total. The number of amides is 2. The SMILES string of the molecule is C=CCCCOC(=O)[C@@H]1[C@@H]2CC(C)C3(S2)C(C(=O)N(CC=C)C2CCCCC2)N(CCCO)C(=O)[C@H]13. The first-order valence-corrected chi connectivity index (χ1v) is 14.6. The number of allylic oxidation sites excluding steroid dienone is 1. The van der Waals surface area contributed by atoms with Gasteiger partial charge in [0.25, 0.3) is 0 Å². The highest BCUT2D eigenvalue weighted by Crippen LogP contribution is 2.68. The van der Waals surface area contributed by atoms with Crippen LogP contribution in [0.25, 0.3) is 0 Å². The predicted molar refractivity (Wildman–Crippen MR) is 141 cm³/mol. The highest BCUT2D eigenvalue weighted by atomic mass is 32.2. The second kappa shape index (κ2) is 11.7. The van der Waals surface area contributed by atoms with Crippen molar-refractivity contribution in [2.24, 2.45) is 17.8 Å². The zero-order valence-corrected chi connectivity index (χ0v) is 22.4. The summed E-state index contributed by atoms with van der Waals surface area (Å²) in [6, 6.07) is -0.481. The van der Waals surface area contributed by atoms with Crippen LogP contribution in [0.1, 0.15) is 64.7 Å². The van der Waals surface area contributed by atoms with Crippen molar-refractivity contribution < 1.29 is 24.2 Å².